The zero-order chi connectivity index (χ0) is 13.1. The molecule has 0 bridgehead atoms. The number of hydrogen-bond donors (Lipinski definition) is 3. The van der Waals surface area contributed by atoms with Crippen molar-refractivity contribution < 1.29 is 13.5 Å². The van der Waals surface area contributed by atoms with Gasteiger partial charge in [0.2, 0.25) is 10.0 Å². The van der Waals surface area contributed by atoms with Gasteiger partial charge in [-0.3, -0.25) is 0 Å². The molecule has 0 saturated carbocycles. The lowest BCUT2D eigenvalue weighted by Crippen LogP contribution is -2.37. The van der Waals surface area contributed by atoms with E-state index in [-0.39, 0.29) is 11.5 Å². The monoisotopic (exact) mass is 322 g/mol. The van der Waals surface area contributed by atoms with Crippen molar-refractivity contribution in [1.82, 2.24) is 4.72 Å². The number of anilines is 1. The second-order valence-electron chi connectivity index (χ2n) is 3.60. The van der Waals surface area contributed by atoms with Crippen LogP contribution in [0.3, 0.4) is 0 Å². The SMILES string of the molecule is CC[C@H](CO)NS(=O)(=O)c1cc(N)ccc1Br. The highest BCUT2D eigenvalue weighted by molar-refractivity contribution is 9.10. The number of nitrogen functional groups attached to an aromatic ring is 1. The number of aliphatic hydroxyl groups is 1. The molecule has 0 aliphatic rings. The maximum atomic E-state index is 12.0. The zero-order valence-electron chi connectivity index (χ0n) is 9.35. The van der Waals surface area contributed by atoms with Crippen LogP contribution in [0.15, 0.2) is 27.6 Å². The third-order valence-electron chi connectivity index (χ3n) is 2.28. The van der Waals surface area contributed by atoms with E-state index in [0.29, 0.717) is 16.6 Å². The molecule has 5 nitrogen and oxygen atoms in total. The lowest BCUT2D eigenvalue weighted by molar-refractivity contribution is 0.254. The molecule has 0 fully saturated rings. The van der Waals surface area contributed by atoms with Crippen LogP contribution in [-0.4, -0.2) is 26.2 Å². The van der Waals surface area contributed by atoms with E-state index in [9.17, 15) is 8.42 Å². The molecule has 0 aliphatic heterocycles. The van der Waals surface area contributed by atoms with Gasteiger partial charge in [-0.2, -0.15) is 0 Å². The Morgan fingerprint density at radius 1 is 1.53 bits per heavy atom. The highest BCUT2D eigenvalue weighted by atomic mass is 79.9. The topological polar surface area (TPSA) is 92.4 Å². The molecule has 7 heteroatoms. The molecule has 0 aromatic heterocycles. The van der Waals surface area contributed by atoms with Crippen LogP contribution in [0.5, 0.6) is 0 Å². The number of rotatable bonds is 5. The number of aliphatic hydroxyl groups excluding tert-OH is 1. The Labute approximate surface area is 109 Å². The minimum Gasteiger partial charge on any atom is -0.399 e. The second-order valence-corrected chi connectivity index (χ2v) is 6.14. The number of nitrogens with two attached hydrogens (primary N) is 1. The minimum absolute atomic E-state index is 0.0735. The molecule has 1 rings (SSSR count). The third kappa shape index (κ3) is 3.67. The van der Waals surface area contributed by atoms with Gasteiger partial charge in [-0.1, -0.05) is 6.92 Å². The summed E-state index contributed by atoms with van der Waals surface area (Å²) in [5, 5.41) is 9.00. The van der Waals surface area contributed by atoms with Gasteiger partial charge in [0.15, 0.2) is 0 Å². The largest absolute Gasteiger partial charge is 0.399 e. The Morgan fingerprint density at radius 2 is 2.18 bits per heavy atom. The molecule has 1 aromatic rings. The molecule has 0 unspecified atom stereocenters. The van der Waals surface area contributed by atoms with Gasteiger partial charge in [0.25, 0.3) is 0 Å². The van der Waals surface area contributed by atoms with Crippen molar-refractivity contribution in [2.75, 3.05) is 12.3 Å². The van der Waals surface area contributed by atoms with Crippen molar-refractivity contribution in [1.29, 1.82) is 0 Å². The number of halogens is 1. The first-order chi connectivity index (χ1) is 7.90. The smallest absolute Gasteiger partial charge is 0.242 e. The molecule has 0 heterocycles. The van der Waals surface area contributed by atoms with Gasteiger partial charge in [-0.05, 0) is 40.5 Å². The number of nitrogens with one attached hydrogen (secondary N) is 1. The molecule has 0 aliphatic carbocycles. The van der Waals surface area contributed by atoms with Crippen molar-refractivity contribution in [3.8, 4) is 0 Å². The van der Waals surface area contributed by atoms with E-state index < -0.39 is 16.1 Å². The summed E-state index contributed by atoms with van der Waals surface area (Å²) in [6.45, 7) is 1.55. The van der Waals surface area contributed by atoms with Gasteiger partial charge in [-0.25, -0.2) is 13.1 Å². The maximum Gasteiger partial charge on any atom is 0.242 e. The fourth-order valence-corrected chi connectivity index (χ4v) is 3.57. The van der Waals surface area contributed by atoms with Gasteiger partial charge in [0.05, 0.1) is 11.5 Å². The first-order valence-electron chi connectivity index (χ1n) is 5.09. The highest BCUT2D eigenvalue weighted by Crippen LogP contribution is 2.24. The summed E-state index contributed by atoms with van der Waals surface area (Å²) in [6, 6.07) is 4.06. The first-order valence-corrected chi connectivity index (χ1v) is 7.36. The molecule has 0 amide bonds. The van der Waals surface area contributed by atoms with E-state index in [1.54, 1.807) is 19.1 Å². The molecule has 1 atom stereocenters. The van der Waals surface area contributed by atoms with E-state index in [1.807, 2.05) is 0 Å². The Balaban J connectivity index is 3.09. The van der Waals surface area contributed by atoms with Crippen molar-refractivity contribution in [2.45, 2.75) is 24.3 Å². The van der Waals surface area contributed by atoms with E-state index in [2.05, 4.69) is 20.7 Å². The summed E-state index contributed by atoms with van der Waals surface area (Å²) in [5.74, 6) is 0. The summed E-state index contributed by atoms with van der Waals surface area (Å²) in [5.41, 5.74) is 5.92. The van der Waals surface area contributed by atoms with Crippen LogP contribution in [0.4, 0.5) is 5.69 Å². The second kappa shape index (κ2) is 5.81. The number of benzene rings is 1. The van der Waals surface area contributed by atoms with Gasteiger partial charge in [0.1, 0.15) is 0 Å². The van der Waals surface area contributed by atoms with Crippen LogP contribution in [0.25, 0.3) is 0 Å². The Morgan fingerprint density at radius 3 is 2.71 bits per heavy atom. The summed E-state index contributed by atoms with van der Waals surface area (Å²) in [4.78, 5) is 0.0735. The summed E-state index contributed by atoms with van der Waals surface area (Å²) in [7, 11) is -3.67. The van der Waals surface area contributed by atoms with Crippen LogP contribution < -0.4 is 10.5 Å². The fourth-order valence-electron chi connectivity index (χ4n) is 1.26. The molecular formula is C10H15BrN2O3S. The van der Waals surface area contributed by atoms with Crippen LogP contribution in [0.1, 0.15) is 13.3 Å². The van der Waals surface area contributed by atoms with E-state index >= 15 is 0 Å². The average Bonchev–Trinajstić information content (AvgIpc) is 2.29. The van der Waals surface area contributed by atoms with E-state index in [4.69, 9.17) is 10.8 Å². The molecule has 0 spiro atoms. The highest BCUT2D eigenvalue weighted by Gasteiger charge is 2.21. The lowest BCUT2D eigenvalue weighted by atomic mass is 10.3. The van der Waals surface area contributed by atoms with Crippen molar-refractivity contribution in [3.63, 3.8) is 0 Å². The van der Waals surface area contributed by atoms with Crippen LogP contribution in [0.2, 0.25) is 0 Å². The summed E-state index contributed by atoms with van der Waals surface area (Å²) in [6.07, 6.45) is 0.510. The normalized spacial score (nSPS) is 13.6. The molecule has 0 saturated heterocycles. The number of hydrogen-bond acceptors (Lipinski definition) is 4. The Bertz CT molecular complexity index is 486. The standard InChI is InChI=1S/C10H15BrN2O3S/c1-2-8(6-14)13-17(15,16)10-5-7(12)3-4-9(10)11/h3-5,8,13-14H,2,6,12H2,1H3/t8-/m1/s1. The van der Waals surface area contributed by atoms with E-state index in [1.165, 1.54) is 6.07 Å². The number of sulfonamides is 1. The molecule has 0 radical (unpaired) electrons. The predicted octanol–water partition coefficient (Wildman–Crippen LogP) is 1.08. The lowest BCUT2D eigenvalue weighted by Gasteiger charge is -2.15. The zero-order valence-corrected chi connectivity index (χ0v) is 11.8. The molecule has 17 heavy (non-hydrogen) atoms. The van der Waals surface area contributed by atoms with Gasteiger partial charge >= 0.3 is 0 Å². The fraction of sp³-hybridized carbons (Fsp3) is 0.400. The summed E-state index contributed by atoms with van der Waals surface area (Å²) < 4.78 is 26.9. The van der Waals surface area contributed by atoms with Crippen LogP contribution in [-0.2, 0) is 10.0 Å². The van der Waals surface area contributed by atoms with E-state index in [0.717, 1.165) is 0 Å². The molecule has 96 valence electrons. The van der Waals surface area contributed by atoms with Crippen LogP contribution in [0, 0.1) is 0 Å². The predicted molar refractivity (Wildman–Crippen MR) is 70.0 cm³/mol. The molecular weight excluding hydrogens is 308 g/mol. The van der Waals surface area contributed by atoms with Crippen molar-refractivity contribution >= 4 is 31.6 Å². The first kappa shape index (κ1) is 14.4. The quantitative estimate of drug-likeness (QED) is 0.707. The van der Waals surface area contributed by atoms with Crippen molar-refractivity contribution in [3.05, 3.63) is 22.7 Å². The van der Waals surface area contributed by atoms with Gasteiger partial charge < -0.3 is 10.8 Å². The average molecular weight is 323 g/mol. The Hall–Kier alpha value is -0.630. The molecule has 1 aromatic carbocycles. The van der Waals surface area contributed by atoms with Gasteiger partial charge in [-0.15, -0.1) is 0 Å². The van der Waals surface area contributed by atoms with Crippen LogP contribution >= 0.6 is 15.9 Å². The minimum atomic E-state index is -3.67. The summed E-state index contributed by atoms with van der Waals surface area (Å²) >= 11 is 3.16. The third-order valence-corrected chi connectivity index (χ3v) is 4.79. The Kier molecular flexibility index (Phi) is 4.93. The molecule has 4 N–H and O–H groups in total. The van der Waals surface area contributed by atoms with Crippen molar-refractivity contribution in [2.24, 2.45) is 0 Å². The van der Waals surface area contributed by atoms with Gasteiger partial charge in [0, 0.05) is 16.2 Å². The maximum absolute atomic E-state index is 12.0.